The molecule has 714 valence electrons. The van der Waals surface area contributed by atoms with Gasteiger partial charge in [0.15, 0.2) is 5.13 Å². The molecule has 3 aromatic carbocycles. The summed E-state index contributed by atoms with van der Waals surface area (Å²) in [6, 6.07) is 19.1. The number of amides is 6. The number of carbonyl (C=O) groups excluding carboxylic acids is 9. The number of methoxy groups -OCH3 is 2. The Morgan fingerprint density at radius 2 is 0.954 bits per heavy atom. The lowest BCUT2D eigenvalue weighted by Gasteiger charge is -2.36. The highest BCUT2D eigenvalue weighted by molar-refractivity contribution is 7.56. The molecule has 2 saturated heterocycles. The van der Waals surface area contributed by atoms with E-state index in [0.29, 0.717) is 79.9 Å². The normalized spacial score (nSPS) is 21.7. The summed E-state index contributed by atoms with van der Waals surface area (Å²) in [7, 11) is -6.39. The average molecular weight is 1880 g/mol. The van der Waals surface area contributed by atoms with Crippen LogP contribution in [-0.4, -0.2) is 215 Å². The summed E-state index contributed by atoms with van der Waals surface area (Å²) in [5.74, 6) is -2.21. The van der Waals surface area contributed by atoms with Crippen LogP contribution in [0.3, 0.4) is 0 Å². The predicted octanol–water partition coefficient (Wildman–Crippen LogP) is 16.0. The number of benzene rings is 3. The second-order valence-corrected chi connectivity index (χ2v) is 41.6. The van der Waals surface area contributed by atoms with Gasteiger partial charge in [0.2, 0.25) is 44.0 Å². The summed E-state index contributed by atoms with van der Waals surface area (Å²) in [4.78, 5) is 151. The Bertz CT molecular complexity index is 5180. The minimum atomic E-state index is -4.76. The van der Waals surface area contributed by atoms with Gasteiger partial charge in [-0.25, -0.2) is 38.9 Å². The minimum Gasteiger partial charge on any atom is -0.497 e. The second-order valence-electron chi connectivity index (χ2n) is 36.3. The number of thiazole rings is 1. The van der Waals surface area contributed by atoms with Crippen LogP contribution in [0.4, 0.5) is 29.1 Å². The number of rotatable bonds is 36. The third kappa shape index (κ3) is 25.5. The SMILES string of the molecule is C=C[C@@H]1C[C@]1(NC(=O)[C@@H]1C[C@@H](Oc2cc(-c3ccccc3)nc3cc(OC)ccc23)CN1C(=O)[C@@H](NC(=O)OC1CCCC1)C(C)(C)C)P(=O)(O)OCOC(=O)OC(C)C.C=C[C@@H]1C[C@]1(NC(=O)[C@@H]1C[C@@H](Oc2cc(-c3csc(NC(C)C)n3)nc3cc(OC)ccc23)CN1C(=O)[C@@H](NC(=O)OC1CCCC1)C(C)(C)C)P(=O)(OCOC(=O)OC(C)C)OCOC(=O)OC(C)C. The molecule has 40 heteroatoms. The molecule has 4 aliphatic carbocycles. The van der Waals surface area contributed by atoms with Crippen LogP contribution in [0.25, 0.3) is 44.5 Å². The summed E-state index contributed by atoms with van der Waals surface area (Å²) in [5, 5.41) is 14.6. The maximum atomic E-state index is 15.1. The van der Waals surface area contributed by atoms with Crippen molar-refractivity contribution in [2.45, 2.75) is 257 Å². The van der Waals surface area contributed by atoms with Gasteiger partial charge >= 0.3 is 45.8 Å². The maximum absolute atomic E-state index is 15.1. The van der Waals surface area contributed by atoms with Crippen molar-refractivity contribution in [2.24, 2.45) is 22.7 Å². The number of alkyl carbamates (subject to hydrolysis) is 2. The van der Waals surface area contributed by atoms with E-state index < -0.39 is 178 Å². The highest BCUT2D eigenvalue weighted by Gasteiger charge is 2.70. The van der Waals surface area contributed by atoms with Gasteiger partial charge in [-0.1, -0.05) is 84.0 Å². The van der Waals surface area contributed by atoms with Crippen molar-refractivity contribution in [2.75, 3.05) is 53.0 Å². The van der Waals surface area contributed by atoms with Gasteiger partial charge in [-0.2, -0.15) is 0 Å². The van der Waals surface area contributed by atoms with E-state index in [1.807, 2.05) is 55.6 Å². The van der Waals surface area contributed by atoms with E-state index in [4.69, 9.17) is 85.4 Å². The van der Waals surface area contributed by atoms with Crippen LogP contribution >= 0.6 is 26.5 Å². The first-order valence-electron chi connectivity index (χ1n) is 43.9. The number of aromatic nitrogens is 3. The molecule has 6 aromatic rings. The predicted molar refractivity (Wildman–Crippen MR) is 483 cm³/mol. The first-order valence-corrected chi connectivity index (χ1v) is 47.9. The Labute approximate surface area is 765 Å². The number of ether oxygens (including phenoxy) is 12. The Morgan fingerprint density at radius 1 is 0.542 bits per heavy atom. The molecule has 37 nitrogen and oxygen atoms in total. The van der Waals surface area contributed by atoms with E-state index in [1.165, 1.54) is 33.3 Å². The molecule has 131 heavy (non-hydrogen) atoms. The molecule has 3 aromatic heterocycles. The van der Waals surface area contributed by atoms with Crippen LogP contribution in [0.1, 0.15) is 174 Å². The van der Waals surface area contributed by atoms with E-state index in [2.05, 4.69) is 39.7 Å². The third-order valence-corrected chi connectivity index (χ3v) is 28.2. The summed E-state index contributed by atoms with van der Waals surface area (Å²) < 4.78 is 111. The molecule has 11 atom stereocenters. The van der Waals surface area contributed by atoms with Gasteiger partial charge in [0.1, 0.15) is 87.8 Å². The molecule has 1 unspecified atom stereocenters. The lowest BCUT2D eigenvalue weighted by Crippen LogP contribution is -2.58. The van der Waals surface area contributed by atoms with Crippen molar-refractivity contribution in [3.05, 3.63) is 110 Å². The zero-order chi connectivity index (χ0) is 95.2. The second kappa shape index (κ2) is 43.2. The van der Waals surface area contributed by atoms with Crippen LogP contribution in [0.15, 0.2) is 110 Å². The molecule has 2 aliphatic heterocycles. The van der Waals surface area contributed by atoms with Crippen molar-refractivity contribution < 1.29 is 128 Å². The molecule has 6 N–H and O–H groups in total. The highest BCUT2D eigenvalue weighted by atomic mass is 32.1. The van der Waals surface area contributed by atoms with E-state index in [-0.39, 0.29) is 57.0 Å². The smallest absolute Gasteiger partial charge is 0.497 e. The molecule has 0 radical (unpaired) electrons. The van der Waals surface area contributed by atoms with Crippen LogP contribution in [0.2, 0.25) is 0 Å². The number of carbonyl (C=O) groups is 9. The lowest BCUT2D eigenvalue weighted by molar-refractivity contribution is -0.142. The number of fused-ring (bicyclic) bond motifs is 2. The molecule has 4 saturated carbocycles. The standard InChI is InChI=1S/C48H67N6O15PS.C43H55N4O12P/c1-12-30-22-48(30,70(60,64-25-62-45(58)66-28(4)5)65-26-63-46(59)67-29(6)7)53-41(55)38-20-33(23-54(38)42(56)40(47(8,9)10)52-44(57)69-31-15-13-14-16-31)68-39-21-36(37-24-71-43(51-37)49-27(2)3)50-35-19-32(61-11)17-18-34(35)39;1-8-28-23-43(28,60(52,53)56-25-55-41(51)57-26(2)3)46-38(48)35-21-31(24-47(35)39(49)37(42(4,5)6)45-40(50)59-29-16-12-13-17-29)58-36-22-33(27-14-10-9-11-15-27)44-34-20-30(54-7)18-19-32(34)36/h12,17-19,21,24,27-31,33,38,40H,1,13-16,20,22-23,25-26H2,2-11H3,(H,49,51)(H,52,57)(H,53,55);8-11,14-15,18-20,22,26,28-29,31,35,37H,1,12-13,16-17,21,23-25H2,2-7H3,(H,45,50)(H,46,48)(H,52,53)/t30-,33-,38+,40-,48+;28-,31-,35+,37-,43+/m11/s1. The van der Waals surface area contributed by atoms with Crippen molar-refractivity contribution in [3.63, 3.8) is 0 Å². The molecule has 6 fully saturated rings. The van der Waals surface area contributed by atoms with E-state index >= 15 is 14.2 Å². The van der Waals surface area contributed by atoms with Crippen LogP contribution in [-0.2, 0) is 79.8 Å². The summed E-state index contributed by atoms with van der Waals surface area (Å²) in [6.45, 7) is 28.9. The minimum absolute atomic E-state index is 0.0129. The van der Waals surface area contributed by atoms with Gasteiger partial charge in [-0.05, 0) is 155 Å². The number of hydrogen-bond donors (Lipinski definition) is 6. The Balaban J connectivity index is 0.000000256. The van der Waals surface area contributed by atoms with Gasteiger partial charge in [-0.3, -0.25) is 41.9 Å². The monoisotopic (exact) mass is 1880 g/mol. The molecule has 6 amide bonds. The van der Waals surface area contributed by atoms with E-state index in [1.54, 1.807) is 140 Å². The fourth-order valence-electron chi connectivity index (χ4n) is 16.0. The van der Waals surface area contributed by atoms with Gasteiger partial charge in [0.05, 0.1) is 68.0 Å². The molecule has 12 rings (SSSR count). The number of likely N-dealkylation sites (tertiary alicyclic amines) is 2. The summed E-state index contributed by atoms with van der Waals surface area (Å²) >= 11 is 1.42. The molecular weight excluding hydrogens is 1760 g/mol. The van der Waals surface area contributed by atoms with Gasteiger partial charge in [0, 0.05) is 76.7 Å². The average Bonchev–Trinajstić information content (AvgIpc) is 1.54. The number of anilines is 1. The molecular formula is C91H122N10O27P2S. The van der Waals surface area contributed by atoms with Crippen molar-refractivity contribution in [1.29, 1.82) is 0 Å². The Kier molecular flexibility index (Phi) is 33.2. The van der Waals surface area contributed by atoms with Crippen molar-refractivity contribution in [1.82, 2.24) is 46.0 Å². The highest BCUT2D eigenvalue weighted by Crippen LogP contribution is 2.73. The van der Waals surface area contributed by atoms with E-state index in [9.17, 15) is 43.0 Å². The third-order valence-electron chi connectivity index (χ3n) is 22.8. The first-order chi connectivity index (χ1) is 62.0. The molecule has 0 spiro atoms. The van der Waals surface area contributed by atoms with Crippen molar-refractivity contribution in [3.8, 4) is 45.6 Å². The quantitative estimate of drug-likeness (QED) is 0.00699. The largest absolute Gasteiger partial charge is 0.510 e. The topological polar surface area (TPSA) is 452 Å². The van der Waals surface area contributed by atoms with Gasteiger partial charge in [0.25, 0.3) is 0 Å². The first kappa shape index (κ1) is 101. The number of pyridine rings is 2. The van der Waals surface area contributed by atoms with E-state index in [0.717, 1.165) is 44.1 Å². The number of nitrogens with zero attached hydrogens (tertiary/aromatic N) is 5. The van der Waals surface area contributed by atoms with Crippen LogP contribution < -0.4 is 45.5 Å². The van der Waals surface area contributed by atoms with Crippen molar-refractivity contribution >= 4 is 108 Å². The summed E-state index contributed by atoms with van der Waals surface area (Å²) in [5.41, 5.74) is 1.93. The fourth-order valence-corrected chi connectivity index (χ4v) is 20.6. The number of hydrogen-bond acceptors (Lipinski definition) is 31. The molecule has 0 bridgehead atoms. The van der Waals surface area contributed by atoms with Gasteiger partial charge < -0.3 is 98.1 Å². The Hall–Kier alpha value is -10.9. The zero-order valence-corrected chi connectivity index (χ0v) is 79.5. The van der Waals surface area contributed by atoms with Crippen LogP contribution in [0.5, 0.6) is 23.0 Å². The number of nitrogens with one attached hydrogen (secondary N) is 5. The molecule has 5 heterocycles. The van der Waals surface area contributed by atoms with Crippen LogP contribution in [0, 0.1) is 22.7 Å². The maximum Gasteiger partial charge on any atom is 0.510 e. The fraction of sp³-hybridized carbons (Fsp3) is 0.560. The van der Waals surface area contributed by atoms with Gasteiger partial charge in [-0.15, -0.1) is 24.5 Å². The Morgan fingerprint density at radius 3 is 1.36 bits per heavy atom. The lowest BCUT2D eigenvalue weighted by atomic mass is 9.85. The summed E-state index contributed by atoms with van der Waals surface area (Å²) in [6.07, 6.45) is 0.633. The zero-order valence-electron chi connectivity index (χ0n) is 76.9. The molecule has 6 aliphatic rings.